The topological polar surface area (TPSA) is 119 Å². The molecule has 0 radical (unpaired) electrons. The number of ether oxygens (including phenoxy) is 1. The van der Waals surface area contributed by atoms with E-state index < -0.39 is 23.3 Å². The number of aliphatic carboxylic acids is 1. The maximum atomic E-state index is 11.3. The van der Waals surface area contributed by atoms with Crippen molar-refractivity contribution in [2.75, 3.05) is 13.2 Å². The second-order valence-corrected chi connectivity index (χ2v) is 4.28. The fraction of sp³-hybridized carbons (Fsp3) is 0.286. The lowest BCUT2D eigenvalue weighted by Gasteiger charge is -2.05. The van der Waals surface area contributed by atoms with E-state index in [1.165, 1.54) is 18.2 Å². The third-order valence-corrected chi connectivity index (χ3v) is 2.48. The van der Waals surface area contributed by atoms with Crippen molar-refractivity contribution in [2.45, 2.75) is 13.3 Å². The number of rotatable bonds is 8. The van der Waals surface area contributed by atoms with Crippen molar-refractivity contribution in [1.29, 1.82) is 0 Å². The highest BCUT2D eigenvalue weighted by Gasteiger charge is 2.15. The Balaban J connectivity index is 2.83. The van der Waals surface area contributed by atoms with Gasteiger partial charge in [-0.2, -0.15) is 0 Å². The summed E-state index contributed by atoms with van der Waals surface area (Å²) in [7, 11) is 0. The molecule has 0 bridgehead atoms. The minimum absolute atomic E-state index is 0.166. The number of carbonyl (C=O) groups excluding carboxylic acids is 1. The molecule has 0 aliphatic rings. The van der Waals surface area contributed by atoms with Gasteiger partial charge in [0.05, 0.1) is 11.5 Å². The summed E-state index contributed by atoms with van der Waals surface area (Å²) in [5.74, 6) is -1.59. The summed E-state index contributed by atoms with van der Waals surface area (Å²) >= 11 is 0. The normalized spacial score (nSPS) is 10.4. The van der Waals surface area contributed by atoms with E-state index >= 15 is 0 Å². The van der Waals surface area contributed by atoms with Crippen LogP contribution in [0.1, 0.15) is 18.9 Å². The monoisotopic (exact) mass is 308 g/mol. The van der Waals surface area contributed by atoms with Gasteiger partial charge in [0.1, 0.15) is 6.54 Å². The van der Waals surface area contributed by atoms with Crippen LogP contribution in [0.25, 0.3) is 6.08 Å². The Bertz CT molecular complexity index is 597. The van der Waals surface area contributed by atoms with E-state index in [2.05, 4.69) is 5.32 Å². The van der Waals surface area contributed by atoms with Gasteiger partial charge in [-0.15, -0.1) is 0 Å². The van der Waals surface area contributed by atoms with E-state index in [-0.39, 0.29) is 11.4 Å². The van der Waals surface area contributed by atoms with Crippen molar-refractivity contribution >= 4 is 23.6 Å². The number of carbonyl (C=O) groups is 2. The predicted octanol–water partition coefficient (Wildman–Crippen LogP) is 1.60. The van der Waals surface area contributed by atoms with Crippen LogP contribution in [-0.4, -0.2) is 35.1 Å². The highest BCUT2D eigenvalue weighted by molar-refractivity contribution is 5.93. The molecule has 0 aliphatic heterocycles. The fourth-order valence-corrected chi connectivity index (χ4v) is 1.51. The molecule has 2 N–H and O–H groups in total. The van der Waals surface area contributed by atoms with Crippen LogP contribution in [0.15, 0.2) is 24.3 Å². The van der Waals surface area contributed by atoms with E-state index in [0.29, 0.717) is 12.2 Å². The SMILES string of the molecule is CCCOc1ccc(/C=C/C(=O)NCC(=O)O)cc1[N+](=O)[O-]. The van der Waals surface area contributed by atoms with Gasteiger partial charge < -0.3 is 15.2 Å². The summed E-state index contributed by atoms with van der Waals surface area (Å²) < 4.78 is 5.28. The number of hydrogen-bond donors (Lipinski definition) is 2. The van der Waals surface area contributed by atoms with Gasteiger partial charge in [0.2, 0.25) is 5.91 Å². The van der Waals surface area contributed by atoms with Gasteiger partial charge in [-0.25, -0.2) is 0 Å². The highest BCUT2D eigenvalue weighted by atomic mass is 16.6. The molecule has 1 amide bonds. The lowest BCUT2D eigenvalue weighted by molar-refractivity contribution is -0.385. The Labute approximate surface area is 126 Å². The second kappa shape index (κ2) is 8.40. The highest BCUT2D eigenvalue weighted by Crippen LogP contribution is 2.28. The number of amides is 1. The van der Waals surface area contributed by atoms with Crippen LogP contribution in [0.4, 0.5) is 5.69 Å². The lowest BCUT2D eigenvalue weighted by Crippen LogP contribution is -2.27. The molecule has 0 heterocycles. The molecule has 1 aromatic carbocycles. The van der Waals surface area contributed by atoms with Gasteiger partial charge in [-0.05, 0) is 24.1 Å². The zero-order chi connectivity index (χ0) is 16.5. The standard InChI is InChI=1S/C14H16N2O6/c1-2-7-22-12-5-3-10(8-11(12)16(20)21)4-6-13(17)15-9-14(18)19/h3-6,8H,2,7,9H2,1H3,(H,15,17)(H,18,19)/b6-4+. The molecule has 0 atom stereocenters. The van der Waals surface area contributed by atoms with E-state index in [1.54, 1.807) is 6.07 Å². The molecular weight excluding hydrogens is 292 g/mol. The zero-order valence-corrected chi connectivity index (χ0v) is 11.9. The summed E-state index contributed by atoms with van der Waals surface area (Å²) in [6.45, 7) is 1.76. The quantitative estimate of drug-likeness (QED) is 0.427. The maximum absolute atomic E-state index is 11.3. The molecule has 1 aromatic rings. The summed E-state index contributed by atoms with van der Waals surface area (Å²) in [5.41, 5.74) is 0.238. The van der Waals surface area contributed by atoms with E-state index in [1.807, 2.05) is 6.92 Å². The fourth-order valence-electron chi connectivity index (χ4n) is 1.51. The summed E-state index contributed by atoms with van der Waals surface area (Å²) in [6, 6.07) is 4.31. The van der Waals surface area contributed by atoms with Gasteiger partial charge >= 0.3 is 11.7 Å². The number of nitro benzene ring substituents is 1. The number of nitrogens with one attached hydrogen (secondary N) is 1. The summed E-state index contributed by atoms with van der Waals surface area (Å²) in [4.78, 5) is 32.1. The van der Waals surface area contributed by atoms with Crippen LogP contribution < -0.4 is 10.1 Å². The van der Waals surface area contributed by atoms with Crippen molar-refractivity contribution in [2.24, 2.45) is 0 Å². The molecule has 0 spiro atoms. The van der Waals surface area contributed by atoms with Crippen molar-refractivity contribution in [3.63, 3.8) is 0 Å². The van der Waals surface area contributed by atoms with Crippen molar-refractivity contribution < 1.29 is 24.4 Å². The van der Waals surface area contributed by atoms with E-state index in [0.717, 1.165) is 12.5 Å². The first-order valence-corrected chi connectivity index (χ1v) is 6.53. The number of benzene rings is 1. The molecule has 0 unspecified atom stereocenters. The molecule has 8 nitrogen and oxygen atoms in total. The molecule has 8 heteroatoms. The number of nitro groups is 1. The smallest absolute Gasteiger partial charge is 0.322 e. The lowest BCUT2D eigenvalue weighted by atomic mass is 10.1. The maximum Gasteiger partial charge on any atom is 0.322 e. The minimum atomic E-state index is -1.16. The third-order valence-electron chi connectivity index (χ3n) is 2.48. The van der Waals surface area contributed by atoms with Gasteiger partial charge in [-0.3, -0.25) is 19.7 Å². The zero-order valence-electron chi connectivity index (χ0n) is 11.9. The van der Waals surface area contributed by atoms with Crippen LogP contribution in [0.5, 0.6) is 5.75 Å². The van der Waals surface area contributed by atoms with E-state index in [4.69, 9.17) is 9.84 Å². The molecule has 0 aromatic heterocycles. The number of carboxylic acids is 1. The Morgan fingerprint density at radius 2 is 2.18 bits per heavy atom. The number of nitrogens with zero attached hydrogens (tertiary/aromatic N) is 1. The molecule has 0 fully saturated rings. The van der Waals surface area contributed by atoms with Crippen molar-refractivity contribution in [3.05, 3.63) is 40.0 Å². The molecule has 118 valence electrons. The van der Waals surface area contributed by atoms with Crippen LogP contribution in [0, 0.1) is 10.1 Å². The van der Waals surface area contributed by atoms with Gasteiger partial charge in [0, 0.05) is 12.1 Å². The van der Waals surface area contributed by atoms with Gasteiger partial charge in [0.25, 0.3) is 0 Å². The Hall–Kier alpha value is -2.90. The first-order valence-electron chi connectivity index (χ1n) is 6.53. The number of carboxylic acid groups (broad SMARTS) is 1. The average Bonchev–Trinajstić information content (AvgIpc) is 2.49. The van der Waals surface area contributed by atoms with Crippen LogP contribution in [0.3, 0.4) is 0 Å². The predicted molar refractivity (Wildman–Crippen MR) is 78.6 cm³/mol. The molecule has 22 heavy (non-hydrogen) atoms. The molecular formula is C14H16N2O6. The largest absolute Gasteiger partial charge is 0.487 e. The Morgan fingerprint density at radius 3 is 2.77 bits per heavy atom. The first-order chi connectivity index (χ1) is 10.4. The molecule has 0 saturated heterocycles. The van der Waals surface area contributed by atoms with Crippen LogP contribution >= 0.6 is 0 Å². The average molecular weight is 308 g/mol. The van der Waals surface area contributed by atoms with Crippen molar-refractivity contribution in [3.8, 4) is 5.75 Å². The Morgan fingerprint density at radius 1 is 1.45 bits per heavy atom. The van der Waals surface area contributed by atoms with Gasteiger partial charge in [0.15, 0.2) is 5.75 Å². The van der Waals surface area contributed by atoms with Gasteiger partial charge in [-0.1, -0.05) is 13.0 Å². The first kappa shape index (κ1) is 17.2. The Kier molecular flexibility index (Phi) is 6.55. The molecule has 1 rings (SSSR count). The molecule has 0 saturated carbocycles. The van der Waals surface area contributed by atoms with Crippen molar-refractivity contribution in [1.82, 2.24) is 5.32 Å². The number of hydrogen-bond acceptors (Lipinski definition) is 5. The second-order valence-electron chi connectivity index (χ2n) is 4.28. The van der Waals surface area contributed by atoms with E-state index in [9.17, 15) is 19.7 Å². The summed E-state index contributed by atoms with van der Waals surface area (Å²) in [6.07, 6.45) is 3.19. The minimum Gasteiger partial charge on any atom is -0.487 e. The third kappa shape index (κ3) is 5.61. The summed E-state index contributed by atoms with van der Waals surface area (Å²) in [5, 5.41) is 21.6. The van der Waals surface area contributed by atoms with Crippen LogP contribution in [0.2, 0.25) is 0 Å². The molecule has 0 aliphatic carbocycles. The van der Waals surface area contributed by atoms with Crippen LogP contribution in [-0.2, 0) is 9.59 Å².